The van der Waals surface area contributed by atoms with E-state index in [4.69, 9.17) is 0 Å². The summed E-state index contributed by atoms with van der Waals surface area (Å²) in [6, 6.07) is 10.6. The zero-order valence-corrected chi connectivity index (χ0v) is 9.46. The first-order valence-electron chi connectivity index (χ1n) is 3.89. The summed E-state index contributed by atoms with van der Waals surface area (Å²) in [4.78, 5) is 0. The van der Waals surface area contributed by atoms with Gasteiger partial charge in [0.1, 0.15) is 0 Å². The molecule has 0 amide bonds. The van der Waals surface area contributed by atoms with Crippen LogP contribution in [-0.2, 0) is 0 Å². The van der Waals surface area contributed by atoms with Gasteiger partial charge in [0.25, 0.3) is 0 Å². The first kappa shape index (κ1) is 9.50. The number of nitrogens with zero attached hydrogens (tertiary/aromatic N) is 1. The van der Waals surface area contributed by atoms with Gasteiger partial charge in [-0.25, -0.2) is 0 Å². The molecule has 0 N–H and O–H groups in total. The summed E-state index contributed by atoms with van der Waals surface area (Å²) in [5, 5.41) is 0. The van der Waals surface area contributed by atoms with Crippen LogP contribution in [0.1, 0.15) is 5.56 Å². The molecule has 0 aliphatic rings. The summed E-state index contributed by atoms with van der Waals surface area (Å²) >= 11 is 0.560. The van der Waals surface area contributed by atoms with Gasteiger partial charge in [-0.2, -0.15) is 0 Å². The van der Waals surface area contributed by atoms with Crippen molar-refractivity contribution < 1.29 is 4.58 Å². The Morgan fingerprint density at radius 3 is 2.17 bits per heavy atom. The Morgan fingerprint density at radius 1 is 1.17 bits per heavy atom. The Balaban J connectivity index is 3.05. The Labute approximate surface area is 80.3 Å². The van der Waals surface area contributed by atoms with Crippen molar-refractivity contribution in [3.05, 3.63) is 35.9 Å². The van der Waals surface area contributed by atoms with E-state index in [-0.39, 0.29) is 0 Å². The van der Waals surface area contributed by atoms with Gasteiger partial charge in [0, 0.05) is 0 Å². The van der Waals surface area contributed by atoms with E-state index in [9.17, 15) is 0 Å². The summed E-state index contributed by atoms with van der Waals surface area (Å²) in [7, 11) is 4.21. The van der Waals surface area contributed by atoms with Crippen molar-refractivity contribution in [2.75, 3.05) is 14.1 Å². The second-order valence-electron chi connectivity index (χ2n) is 2.77. The third-order valence-electron chi connectivity index (χ3n) is 1.62. The van der Waals surface area contributed by atoms with Gasteiger partial charge in [0.15, 0.2) is 0 Å². The van der Waals surface area contributed by atoms with Gasteiger partial charge in [-0.15, -0.1) is 0 Å². The monoisotopic (exact) mass is 228 g/mol. The van der Waals surface area contributed by atoms with Crippen molar-refractivity contribution in [2.45, 2.75) is 5.82 Å². The summed E-state index contributed by atoms with van der Waals surface area (Å²) < 4.78 is 3.65. The minimum absolute atomic E-state index is 0.560. The van der Waals surface area contributed by atoms with Crippen LogP contribution in [-0.4, -0.2) is 38.2 Å². The van der Waals surface area contributed by atoms with Crippen LogP contribution in [0.3, 0.4) is 0 Å². The van der Waals surface area contributed by atoms with E-state index in [0.717, 1.165) is 0 Å². The van der Waals surface area contributed by atoms with Crippen LogP contribution >= 0.6 is 0 Å². The van der Waals surface area contributed by atoms with Crippen LogP contribution < -0.4 is 0 Å². The molecular formula is C10H14NSe+. The fraction of sp³-hybridized carbons (Fsp3) is 0.300. The molecule has 0 aliphatic carbocycles. The molecule has 0 fully saturated rings. The summed E-state index contributed by atoms with van der Waals surface area (Å²) in [5.41, 5.74) is 1.35. The molecule has 0 atom stereocenters. The van der Waals surface area contributed by atoms with Crippen molar-refractivity contribution in [1.29, 1.82) is 0 Å². The van der Waals surface area contributed by atoms with E-state index in [1.54, 1.807) is 0 Å². The molecule has 0 aromatic heterocycles. The van der Waals surface area contributed by atoms with Gasteiger partial charge in [-0.05, 0) is 0 Å². The summed E-state index contributed by atoms with van der Waals surface area (Å²) in [6.45, 7) is 0. The SMILES string of the molecule is C[Se]C(c1ccccc1)=[N+](C)C. The molecule has 1 aromatic rings. The van der Waals surface area contributed by atoms with Gasteiger partial charge in [-0.3, -0.25) is 0 Å². The zero-order valence-electron chi connectivity index (χ0n) is 7.74. The van der Waals surface area contributed by atoms with Crippen molar-refractivity contribution in [2.24, 2.45) is 0 Å². The van der Waals surface area contributed by atoms with E-state index < -0.39 is 0 Å². The van der Waals surface area contributed by atoms with Crippen LogP contribution in [0.15, 0.2) is 30.3 Å². The molecule has 0 spiro atoms. The molecule has 0 radical (unpaired) electrons. The maximum atomic E-state index is 2.25. The van der Waals surface area contributed by atoms with E-state index in [1.165, 1.54) is 10.2 Å². The van der Waals surface area contributed by atoms with Crippen molar-refractivity contribution in [3.8, 4) is 0 Å². The van der Waals surface area contributed by atoms with E-state index >= 15 is 0 Å². The van der Waals surface area contributed by atoms with Crippen LogP contribution in [0, 0.1) is 0 Å². The maximum absolute atomic E-state index is 2.25. The van der Waals surface area contributed by atoms with Gasteiger partial charge in [0.2, 0.25) is 0 Å². The first-order valence-corrected chi connectivity index (χ1v) is 6.46. The van der Waals surface area contributed by atoms with Crippen LogP contribution in [0.25, 0.3) is 0 Å². The standard InChI is InChI=1S/C10H14NSe/c1-11(2)10(12-3)9-7-5-4-6-8-9/h4-8H,1-3H3/q+1. The average molecular weight is 227 g/mol. The molecule has 0 unspecified atom stereocenters. The molecule has 0 aliphatic heterocycles. The molecule has 1 nitrogen and oxygen atoms in total. The Kier molecular flexibility index (Phi) is 3.51. The predicted molar refractivity (Wildman–Crippen MR) is 54.3 cm³/mol. The van der Waals surface area contributed by atoms with E-state index in [0.29, 0.717) is 15.0 Å². The van der Waals surface area contributed by atoms with Crippen LogP contribution in [0.4, 0.5) is 0 Å². The fourth-order valence-corrected chi connectivity index (χ4v) is 2.69. The molecule has 0 bridgehead atoms. The molecule has 0 saturated heterocycles. The molecule has 0 saturated carbocycles. The third-order valence-corrected chi connectivity index (χ3v) is 3.69. The summed E-state index contributed by atoms with van der Waals surface area (Å²) in [5.74, 6) is 2.25. The number of benzene rings is 1. The normalized spacial score (nSPS) is 9.58. The Morgan fingerprint density at radius 2 is 1.75 bits per heavy atom. The molecule has 1 aromatic carbocycles. The molecule has 0 heterocycles. The van der Waals surface area contributed by atoms with Crippen molar-refractivity contribution in [1.82, 2.24) is 0 Å². The van der Waals surface area contributed by atoms with Gasteiger partial charge >= 0.3 is 80.0 Å². The number of hydrogen-bond donors (Lipinski definition) is 0. The van der Waals surface area contributed by atoms with Crippen molar-refractivity contribution in [3.63, 3.8) is 0 Å². The average Bonchev–Trinajstić information content (AvgIpc) is 2.07. The van der Waals surface area contributed by atoms with Gasteiger partial charge in [-0.1, -0.05) is 0 Å². The molecule has 2 heteroatoms. The third kappa shape index (κ3) is 2.20. The predicted octanol–water partition coefficient (Wildman–Crippen LogP) is 1.46. The molecule has 64 valence electrons. The van der Waals surface area contributed by atoms with Gasteiger partial charge in [0.05, 0.1) is 0 Å². The zero-order chi connectivity index (χ0) is 8.97. The second-order valence-corrected chi connectivity index (χ2v) is 4.44. The minimum atomic E-state index is 0.560. The fourth-order valence-electron chi connectivity index (χ4n) is 1.14. The van der Waals surface area contributed by atoms with Crippen molar-refractivity contribution >= 4 is 19.6 Å². The topological polar surface area (TPSA) is 3.01 Å². The van der Waals surface area contributed by atoms with Crippen LogP contribution in [0.5, 0.6) is 0 Å². The quantitative estimate of drug-likeness (QED) is 0.409. The number of hydrogen-bond acceptors (Lipinski definition) is 0. The van der Waals surface area contributed by atoms with E-state index in [2.05, 4.69) is 54.8 Å². The van der Waals surface area contributed by atoms with Gasteiger partial charge < -0.3 is 0 Å². The number of rotatable bonds is 2. The molecular weight excluding hydrogens is 213 g/mol. The Hall–Kier alpha value is -0.591. The molecule has 12 heavy (non-hydrogen) atoms. The van der Waals surface area contributed by atoms with E-state index in [1.807, 2.05) is 0 Å². The van der Waals surface area contributed by atoms with Crippen LogP contribution in [0.2, 0.25) is 5.82 Å². The summed E-state index contributed by atoms with van der Waals surface area (Å²) in [6.07, 6.45) is 0. The molecule has 1 rings (SSSR count). The second kappa shape index (κ2) is 4.44. The first-order chi connectivity index (χ1) is 5.75. The Bertz CT molecular complexity index is 273.